The highest BCUT2D eigenvalue weighted by Crippen LogP contribution is 2.18. The van der Waals surface area contributed by atoms with Crippen LogP contribution in [-0.2, 0) is 4.79 Å². The molecule has 6 heteroatoms. The van der Waals surface area contributed by atoms with Crippen LogP contribution in [0.15, 0.2) is 0 Å². The fourth-order valence-electron chi connectivity index (χ4n) is 0.431. The molecule has 0 aromatic heterocycles. The van der Waals surface area contributed by atoms with Crippen LogP contribution in [0.3, 0.4) is 0 Å². The molecule has 0 aliphatic rings. The van der Waals surface area contributed by atoms with E-state index in [4.69, 9.17) is 0 Å². The third kappa shape index (κ3) is 7.64. The molecule has 2 nitrogen and oxygen atoms in total. The predicted octanol–water partition coefficient (Wildman–Crippen LogP) is 1.45. The zero-order valence-corrected chi connectivity index (χ0v) is 7.13. The van der Waals surface area contributed by atoms with Crippen molar-refractivity contribution in [3.05, 3.63) is 0 Å². The number of alkyl halides is 4. The molecule has 0 bridgehead atoms. The van der Waals surface area contributed by atoms with Crippen molar-refractivity contribution in [2.24, 2.45) is 0 Å². The van der Waals surface area contributed by atoms with Crippen molar-refractivity contribution in [2.45, 2.75) is 12.6 Å². The quantitative estimate of drug-likeness (QED) is 0.735. The Labute approximate surface area is 70.3 Å². The number of halogens is 4. The standard InChI is InChI=1S/C5H7BrF3NO/c6-1-2-10-4(11)3-5(7,8)9/h1-3H2,(H,10,11). The van der Waals surface area contributed by atoms with Gasteiger partial charge in [-0.05, 0) is 0 Å². The molecule has 0 aromatic rings. The van der Waals surface area contributed by atoms with Crippen molar-refractivity contribution in [2.75, 3.05) is 11.9 Å². The van der Waals surface area contributed by atoms with Crippen molar-refractivity contribution < 1.29 is 18.0 Å². The zero-order chi connectivity index (χ0) is 8.91. The summed E-state index contributed by atoms with van der Waals surface area (Å²) < 4.78 is 34.4. The molecule has 11 heavy (non-hydrogen) atoms. The van der Waals surface area contributed by atoms with E-state index < -0.39 is 18.5 Å². The van der Waals surface area contributed by atoms with Gasteiger partial charge in [-0.1, -0.05) is 15.9 Å². The number of carbonyl (C=O) groups is 1. The van der Waals surface area contributed by atoms with Gasteiger partial charge in [0.1, 0.15) is 6.42 Å². The summed E-state index contributed by atoms with van der Waals surface area (Å²) in [4.78, 5) is 10.4. The minimum atomic E-state index is -4.41. The van der Waals surface area contributed by atoms with Gasteiger partial charge in [0.2, 0.25) is 5.91 Å². The molecule has 0 spiro atoms. The summed E-state index contributed by atoms with van der Waals surface area (Å²) in [6.45, 7) is 0.217. The van der Waals surface area contributed by atoms with E-state index in [-0.39, 0.29) is 6.54 Å². The average molecular weight is 234 g/mol. The van der Waals surface area contributed by atoms with Gasteiger partial charge in [-0.3, -0.25) is 4.79 Å². The predicted molar refractivity (Wildman–Crippen MR) is 37.5 cm³/mol. The first-order valence-corrected chi connectivity index (χ1v) is 3.97. The Morgan fingerprint density at radius 2 is 2.00 bits per heavy atom. The Hall–Kier alpha value is -0.260. The average Bonchev–Trinajstić information content (AvgIpc) is 1.79. The van der Waals surface area contributed by atoms with Crippen LogP contribution in [0.5, 0.6) is 0 Å². The number of amides is 1. The number of hydrogen-bond donors (Lipinski definition) is 1. The molecule has 66 valence electrons. The van der Waals surface area contributed by atoms with E-state index in [0.717, 1.165) is 0 Å². The van der Waals surface area contributed by atoms with Crippen LogP contribution in [0, 0.1) is 0 Å². The Morgan fingerprint density at radius 1 is 1.45 bits per heavy atom. The maximum absolute atomic E-state index is 11.5. The number of nitrogens with one attached hydrogen (secondary N) is 1. The van der Waals surface area contributed by atoms with Gasteiger partial charge >= 0.3 is 6.18 Å². The summed E-state index contributed by atoms with van der Waals surface area (Å²) in [5, 5.41) is 2.54. The highest BCUT2D eigenvalue weighted by Gasteiger charge is 2.30. The maximum Gasteiger partial charge on any atom is 0.397 e. The van der Waals surface area contributed by atoms with Crippen LogP contribution in [0.25, 0.3) is 0 Å². The van der Waals surface area contributed by atoms with Crippen molar-refractivity contribution in [1.29, 1.82) is 0 Å². The van der Waals surface area contributed by atoms with Gasteiger partial charge in [0.25, 0.3) is 0 Å². The van der Waals surface area contributed by atoms with Crippen molar-refractivity contribution in [1.82, 2.24) is 5.32 Å². The van der Waals surface area contributed by atoms with E-state index >= 15 is 0 Å². The SMILES string of the molecule is O=C(CC(F)(F)F)NCCBr. The second kappa shape index (κ2) is 4.58. The lowest BCUT2D eigenvalue weighted by Gasteiger charge is -2.05. The molecular formula is C5H7BrF3NO. The molecule has 0 radical (unpaired) electrons. The van der Waals surface area contributed by atoms with Crippen molar-refractivity contribution in [3.63, 3.8) is 0 Å². The molecule has 0 atom stereocenters. The first kappa shape index (κ1) is 10.7. The smallest absolute Gasteiger partial charge is 0.355 e. The maximum atomic E-state index is 11.5. The summed E-state index contributed by atoms with van der Waals surface area (Å²) in [5.74, 6) is -0.989. The summed E-state index contributed by atoms with van der Waals surface area (Å²) in [6.07, 6.45) is -5.81. The molecule has 1 N–H and O–H groups in total. The van der Waals surface area contributed by atoms with Gasteiger partial charge in [0.15, 0.2) is 0 Å². The fourth-order valence-corrected chi connectivity index (χ4v) is 0.629. The van der Waals surface area contributed by atoms with Gasteiger partial charge < -0.3 is 5.32 Å². The lowest BCUT2D eigenvalue weighted by Crippen LogP contribution is -2.29. The van der Waals surface area contributed by atoms with E-state index in [2.05, 4.69) is 21.2 Å². The van der Waals surface area contributed by atoms with Gasteiger partial charge in [-0.25, -0.2) is 0 Å². The molecular weight excluding hydrogens is 227 g/mol. The molecule has 0 fully saturated rings. The Kier molecular flexibility index (Phi) is 4.48. The van der Waals surface area contributed by atoms with Crippen molar-refractivity contribution in [3.8, 4) is 0 Å². The molecule has 1 amide bonds. The summed E-state index contributed by atoms with van der Waals surface area (Å²) in [5.41, 5.74) is 0. The molecule has 0 rings (SSSR count). The third-order valence-corrected chi connectivity index (χ3v) is 1.17. The molecule has 0 heterocycles. The monoisotopic (exact) mass is 233 g/mol. The van der Waals surface area contributed by atoms with Crippen LogP contribution in [-0.4, -0.2) is 24.0 Å². The van der Waals surface area contributed by atoms with Crippen molar-refractivity contribution >= 4 is 21.8 Å². The number of rotatable bonds is 3. The minimum Gasteiger partial charge on any atom is -0.355 e. The van der Waals surface area contributed by atoms with E-state index in [1.54, 1.807) is 0 Å². The van der Waals surface area contributed by atoms with Crippen LogP contribution >= 0.6 is 15.9 Å². The molecule has 0 saturated carbocycles. The lowest BCUT2D eigenvalue weighted by atomic mass is 10.4. The normalized spacial score (nSPS) is 11.3. The van der Waals surface area contributed by atoms with Gasteiger partial charge in [0.05, 0.1) is 0 Å². The molecule has 0 aliphatic heterocycles. The van der Waals surface area contributed by atoms with Crippen LogP contribution in [0.2, 0.25) is 0 Å². The van der Waals surface area contributed by atoms with Gasteiger partial charge in [0, 0.05) is 11.9 Å². The van der Waals surface area contributed by atoms with Gasteiger partial charge in [-0.2, -0.15) is 13.2 Å². The summed E-state index contributed by atoms with van der Waals surface area (Å²) >= 11 is 2.96. The van der Waals surface area contributed by atoms with Crippen LogP contribution in [0.1, 0.15) is 6.42 Å². The van der Waals surface area contributed by atoms with E-state index in [1.165, 1.54) is 0 Å². The summed E-state index contributed by atoms with van der Waals surface area (Å²) in [6, 6.07) is 0. The Bertz CT molecular complexity index is 136. The first-order valence-electron chi connectivity index (χ1n) is 2.85. The Morgan fingerprint density at radius 3 is 2.36 bits per heavy atom. The lowest BCUT2D eigenvalue weighted by molar-refractivity contribution is -0.153. The van der Waals surface area contributed by atoms with E-state index in [9.17, 15) is 18.0 Å². The molecule has 0 aromatic carbocycles. The highest BCUT2D eigenvalue weighted by molar-refractivity contribution is 9.09. The van der Waals surface area contributed by atoms with Crippen LogP contribution in [0.4, 0.5) is 13.2 Å². The van der Waals surface area contributed by atoms with E-state index in [0.29, 0.717) is 5.33 Å². The molecule has 0 saturated heterocycles. The summed E-state index contributed by atoms with van der Waals surface area (Å²) in [7, 11) is 0. The third-order valence-electron chi connectivity index (χ3n) is 0.778. The largest absolute Gasteiger partial charge is 0.397 e. The highest BCUT2D eigenvalue weighted by atomic mass is 79.9. The van der Waals surface area contributed by atoms with E-state index in [1.807, 2.05) is 0 Å². The molecule has 0 aliphatic carbocycles. The fraction of sp³-hybridized carbons (Fsp3) is 0.800. The topological polar surface area (TPSA) is 29.1 Å². The zero-order valence-electron chi connectivity index (χ0n) is 5.54. The number of hydrogen-bond acceptors (Lipinski definition) is 1. The second-order valence-corrected chi connectivity index (χ2v) is 2.62. The minimum absolute atomic E-state index is 0.217. The first-order chi connectivity index (χ1) is 4.95. The number of carbonyl (C=O) groups excluding carboxylic acids is 1. The van der Waals surface area contributed by atoms with Crippen LogP contribution < -0.4 is 5.32 Å². The Balaban J connectivity index is 3.53. The molecule has 0 unspecified atom stereocenters. The van der Waals surface area contributed by atoms with Gasteiger partial charge in [-0.15, -0.1) is 0 Å². The second-order valence-electron chi connectivity index (χ2n) is 1.83.